The van der Waals surface area contributed by atoms with E-state index in [1.54, 1.807) is 0 Å². The quantitative estimate of drug-likeness (QED) is 0.718. The molecule has 0 saturated heterocycles. The Bertz CT molecular complexity index is 583. The molecule has 1 aliphatic heterocycles. The van der Waals surface area contributed by atoms with E-state index < -0.39 is 0 Å². The smallest absolute Gasteiger partial charge is 0.227 e. The minimum absolute atomic E-state index is 0.00519. The molecule has 23 heavy (non-hydrogen) atoms. The Hall–Kier alpha value is -1.88. The van der Waals surface area contributed by atoms with Gasteiger partial charge in [0.15, 0.2) is 0 Å². The van der Waals surface area contributed by atoms with Gasteiger partial charge in [-0.05, 0) is 49.7 Å². The summed E-state index contributed by atoms with van der Waals surface area (Å²) in [5, 5.41) is 15.0. The molecule has 1 aromatic carbocycles. The number of carbonyl (C=O) groups excluding carboxylic acids is 2. The second-order valence-electron chi connectivity index (χ2n) is 6.61. The predicted molar refractivity (Wildman–Crippen MR) is 87.9 cm³/mol. The fraction of sp³-hybridized carbons (Fsp3) is 0.556. The van der Waals surface area contributed by atoms with Gasteiger partial charge in [0.05, 0.1) is 0 Å². The van der Waals surface area contributed by atoms with Crippen LogP contribution in [0, 0.1) is 11.8 Å². The van der Waals surface area contributed by atoms with Gasteiger partial charge in [-0.1, -0.05) is 18.2 Å². The van der Waals surface area contributed by atoms with E-state index in [4.69, 9.17) is 5.11 Å². The van der Waals surface area contributed by atoms with Gasteiger partial charge < -0.3 is 15.7 Å². The molecule has 3 N–H and O–H groups in total. The number of nitrogens with one attached hydrogen (secondary N) is 2. The van der Waals surface area contributed by atoms with Gasteiger partial charge in [-0.3, -0.25) is 9.59 Å². The fourth-order valence-corrected chi connectivity index (χ4v) is 3.29. The van der Waals surface area contributed by atoms with Gasteiger partial charge in [0.25, 0.3) is 0 Å². The van der Waals surface area contributed by atoms with Gasteiger partial charge in [0.2, 0.25) is 11.8 Å². The summed E-state index contributed by atoms with van der Waals surface area (Å²) in [5.74, 6) is 0.372. The zero-order valence-electron chi connectivity index (χ0n) is 13.3. The van der Waals surface area contributed by atoms with Crippen LogP contribution in [0.4, 0.5) is 5.69 Å². The summed E-state index contributed by atoms with van der Waals surface area (Å²) in [4.78, 5) is 24.3. The van der Waals surface area contributed by atoms with Crippen molar-refractivity contribution in [3.8, 4) is 0 Å². The van der Waals surface area contributed by atoms with Crippen molar-refractivity contribution in [3.05, 3.63) is 29.8 Å². The van der Waals surface area contributed by atoms with Crippen molar-refractivity contribution in [3.63, 3.8) is 0 Å². The molecule has 0 radical (unpaired) electrons. The fourth-order valence-electron chi connectivity index (χ4n) is 3.29. The van der Waals surface area contributed by atoms with E-state index in [-0.39, 0.29) is 30.4 Å². The summed E-state index contributed by atoms with van der Waals surface area (Å²) < 4.78 is 0. The van der Waals surface area contributed by atoms with Crippen molar-refractivity contribution < 1.29 is 14.7 Å². The molecule has 1 aliphatic carbocycles. The van der Waals surface area contributed by atoms with Crippen LogP contribution < -0.4 is 10.6 Å². The second-order valence-corrected chi connectivity index (χ2v) is 6.61. The van der Waals surface area contributed by atoms with Gasteiger partial charge in [-0.15, -0.1) is 0 Å². The third-order valence-corrected chi connectivity index (χ3v) is 4.81. The highest BCUT2D eigenvalue weighted by Crippen LogP contribution is 2.34. The van der Waals surface area contributed by atoms with Crippen molar-refractivity contribution in [1.82, 2.24) is 5.32 Å². The first-order valence-corrected chi connectivity index (χ1v) is 8.46. The molecule has 1 saturated carbocycles. The molecule has 5 nitrogen and oxygen atoms in total. The summed E-state index contributed by atoms with van der Waals surface area (Å²) in [6, 6.07) is 7.90. The molecule has 1 aromatic rings. The van der Waals surface area contributed by atoms with E-state index in [2.05, 4.69) is 10.6 Å². The molecule has 1 heterocycles. The Morgan fingerprint density at radius 2 is 2.13 bits per heavy atom. The number of fused-ring (bicyclic) bond motifs is 1. The van der Waals surface area contributed by atoms with E-state index in [0.717, 1.165) is 24.1 Å². The molecule has 2 atom stereocenters. The number of para-hydroxylation sites is 1. The summed E-state index contributed by atoms with van der Waals surface area (Å²) >= 11 is 0. The zero-order chi connectivity index (χ0) is 16.2. The van der Waals surface area contributed by atoms with Crippen LogP contribution in [0.5, 0.6) is 0 Å². The molecule has 2 aliphatic rings. The maximum atomic E-state index is 12.1. The van der Waals surface area contributed by atoms with Crippen molar-refractivity contribution in [1.29, 1.82) is 0 Å². The van der Waals surface area contributed by atoms with Crippen molar-refractivity contribution >= 4 is 17.5 Å². The molecule has 3 rings (SSSR count). The van der Waals surface area contributed by atoms with Crippen LogP contribution in [-0.4, -0.2) is 29.6 Å². The van der Waals surface area contributed by atoms with Gasteiger partial charge in [-0.2, -0.15) is 0 Å². The number of aliphatic hydroxyl groups is 1. The van der Waals surface area contributed by atoms with Gasteiger partial charge >= 0.3 is 0 Å². The molecular weight excluding hydrogens is 292 g/mol. The Balaban J connectivity index is 1.50. The molecule has 1 fully saturated rings. The first kappa shape index (κ1) is 16.0. The van der Waals surface area contributed by atoms with Crippen LogP contribution in [0.2, 0.25) is 0 Å². The number of hydrogen-bond donors (Lipinski definition) is 3. The van der Waals surface area contributed by atoms with E-state index in [1.807, 2.05) is 24.3 Å². The summed E-state index contributed by atoms with van der Waals surface area (Å²) in [5.41, 5.74) is 2.02. The normalized spacial score (nSPS) is 21.3. The lowest BCUT2D eigenvalue weighted by molar-refractivity contribution is -0.123. The molecule has 5 heteroatoms. The SMILES string of the molecule is O=C(CCC1Cc2ccccc2NC1=O)NC(CCO)C1CC1. The lowest BCUT2D eigenvalue weighted by atomic mass is 9.89. The van der Waals surface area contributed by atoms with E-state index in [1.165, 1.54) is 0 Å². The topological polar surface area (TPSA) is 78.4 Å². The molecule has 0 spiro atoms. The number of benzene rings is 1. The van der Waals surface area contributed by atoms with Crippen LogP contribution in [0.15, 0.2) is 24.3 Å². The third-order valence-electron chi connectivity index (χ3n) is 4.81. The third kappa shape index (κ3) is 4.10. The Morgan fingerprint density at radius 1 is 1.35 bits per heavy atom. The molecule has 2 unspecified atom stereocenters. The Kier molecular flexibility index (Phi) is 4.96. The predicted octanol–water partition coefficient (Wildman–Crippen LogP) is 1.85. The minimum Gasteiger partial charge on any atom is -0.396 e. The van der Waals surface area contributed by atoms with E-state index >= 15 is 0 Å². The van der Waals surface area contributed by atoms with Gasteiger partial charge in [-0.25, -0.2) is 0 Å². The van der Waals surface area contributed by atoms with Crippen LogP contribution in [-0.2, 0) is 16.0 Å². The minimum atomic E-state index is -0.145. The molecule has 2 amide bonds. The number of hydrogen-bond acceptors (Lipinski definition) is 3. The maximum Gasteiger partial charge on any atom is 0.227 e. The highest BCUT2D eigenvalue weighted by Gasteiger charge is 2.32. The van der Waals surface area contributed by atoms with Crippen LogP contribution in [0.1, 0.15) is 37.7 Å². The van der Waals surface area contributed by atoms with Crippen LogP contribution >= 0.6 is 0 Å². The average Bonchev–Trinajstić information content (AvgIpc) is 3.37. The maximum absolute atomic E-state index is 12.1. The molecule has 124 valence electrons. The second kappa shape index (κ2) is 7.13. The van der Waals surface area contributed by atoms with E-state index in [0.29, 0.717) is 31.6 Å². The van der Waals surface area contributed by atoms with Crippen molar-refractivity contribution in [2.45, 2.75) is 44.6 Å². The monoisotopic (exact) mass is 316 g/mol. The van der Waals surface area contributed by atoms with Crippen LogP contribution in [0.25, 0.3) is 0 Å². The highest BCUT2D eigenvalue weighted by atomic mass is 16.3. The number of rotatable bonds is 7. The Labute approximate surface area is 136 Å². The lowest BCUT2D eigenvalue weighted by Crippen LogP contribution is -2.38. The largest absolute Gasteiger partial charge is 0.396 e. The van der Waals surface area contributed by atoms with Gasteiger partial charge in [0, 0.05) is 30.7 Å². The zero-order valence-corrected chi connectivity index (χ0v) is 13.3. The average molecular weight is 316 g/mol. The highest BCUT2D eigenvalue weighted by molar-refractivity contribution is 5.96. The summed E-state index contributed by atoms with van der Waals surface area (Å²) in [6.45, 7) is 0.100. The summed E-state index contributed by atoms with van der Waals surface area (Å²) in [6.07, 6.45) is 4.49. The molecule has 0 bridgehead atoms. The molecular formula is C18H24N2O3. The number of amides is 2. The Morgan fingerprint density at radius 3 is 2.87 bits per heavy atom. The number of aliphatic hydroxyl groups excluding tert-OH is 1. The van der Waals surface area contributed by atoms with Crippen molar-refractivity contribution in [2.24, 2.45) is 11.8 Å². The molecule has 0 aromatic heterocycles. The first-order chi connectivity index (χ1) is 11.2. The summed E-state index contributed by atoms with van der Waals surface area (Å²) in [7, 11) is 0. The number of carbonyl (C=O) groups is 2. The van der Waals surface area contributed by atoms with Crippen molar-refractivity contribution in [2.75, 3.05) is 11.9 Å². The number of anilines is 1. The van der Waals surface area contributed by atoms with Gasteiger partial charge in [0.1, 0.15) is 0 Å². The lowest BCUT2D eigenvalue weighted by Gasteiger charge is -2.24. The standard InChI is InChI=1S/C18H24N2O3/c21-10-9-16(12-5-6-12)19-17(22)8-7-14-11-13-3-1-2-4-15(13)20-18(14)23/h1-4,12,14,16,21H,5-11H2,(H,19,22)(H,20,23). The first-order valence-electron chi connectivity index (χ1n) is 8.46. The van der Waals surface area contributed by atoms with E-state index in [9.17, 15) is 9.59 Å². The van der Waals surface area contributed by atoms with Crippen LogP contribution in [0.3, 0.4) is 0 Å².